The molecule has 4 nitrogen and oxygen atoms in total. The summed E-state index contributed by atoms with van der Waals surface area (Å²) in [5.41, 5.74) is -0.492. The molecule has 0 fully saturated rings. The number of alkyl halides is 3. The Kier molecular flexibility index (Phi) is 3.05. The van der Waals surface area contributed by atoms with E-state index in [0.29, 0.717) is 6.41 Å². The van der Waals surface area contributed by atoms with Crippen molar-refractivity contribution < 1.29 is 18.0 Å². The number of halogens is 3. The van der Waals surface area contributed by atoms with Crippen molar-refractivity contribution in [1.29, 1.82) is 0 Å². The van der Waals surface area contributed by atoms with Crippen molar-refractivity contribution in [3.05, 3.63) is 42.5 Å². The summed E-state index contributed by atoms with van der Waals surface area (Å²) in [4.78, 5) is 14.1. The lowest BCUT2D eigenvalue weighted by atomic mass is 10.1. The number of carbonyl (C=O) groups is 1. The number of benzene rings is 1. The first kappa shape index (κ1) is 12.2. The molecule has 0 unspecified atom stereocenters. The minimum Gasteiger partial charge on any atom is -0.329 e. The number of hydrogen-bond donors (Lipinski definition) is 1. The zero-order valence-electron chi connectivity index (χ0n) is 8.98. The third kappa shape index (κ3) is 2.50. The molecule has 0 radical (unpaired) electrons. The molecule has 0 saturated heterocycles. The predicted octanol–water partition coefficient (Wildman–Crippen LogP) is 2.46. The summed E-state index contributed by atoms with van der Waals surface area (Å²) in [5.74, 6) is 0. The lowest BCUT2D eigenvalue weighted by molar-refractivity contribution is -0.137. The van der Waals surface area contributed by atoms with Gasteiger partial charge in [-0.05, 0) is 18.2 Å². The molecule has 7 heteroatoms. The van der Waals surface area contributed by atoms with Crippen LogP contribution in [0.5, 0.6) is 0 Å². The molecule has 18 heavy (non-hydrogen) atoms. The van der Waals surface area contributed by atoms with E-state index in [-0.39, 0.29) is 11.4 Å². The normalized spacial score (nSPS) is 11.3. The molecule has 0 saturated carbocycles. The summed E-state index contributed by atoms with van der Waals surface area (Å²) < 4.78 is 39.5. The molecule has 1 aromatic heterocycles. The van der Waals surface area contributed by atoms with Gasteiger partial charge in [0.1, 0.15) is 0 Å². The van der Waals surface area contributed by atoms with Gasteiger partial charge in [-0.2, -0.15) is 13.2 Å². The van der Waals surface area contributed by atoms with Crippen LogP contribution >= 0.6 is 0 Å². The van der Waals surface area contributed by atoms with Gasteiger partial charge in [0.25, 0.3) is 0 Å². The molecule has 2 rings (SSSR count). The standard InChI is InChI=1S/C11H8F3N3O/c12-11(13,14)8-3-9(16-7-18)5-10(4-8)17-2-1-15-6-17/h1-7H,(H,16,18). The first-order chi connectivity index (χ1) is 8.50. The van der Waals surface area contributed by atoms with Crippen molar-refractivity contribution in [3.63, 3.8) is 0 Å². The molecule has 1 N–H and O–H groups in total. The van der Waals surface area contributed by atoms with Crippen LogP contribution in [-0.2, 0) is 11.0 Å². The second kappa shape index (κ2) is 4.52. The molecular weight excluding hydrogens is 247 g/mol. The summed E-state index contributed by atoms with van der Waals surface area (Å²) in [6.45, 7) is 0. The van der Waals surface area contributed by atoms with Crippen LogP contribution in [0, 0.1) is 0 Å². The first-order valence-electron chi connectivity index (χ1n) is 4.91. The number of carbonyl (C=O) groups excluding carboxylic acids is 1. The molecule has 0 aliphatic heterocycles. The zero-order valence-corrected chi connectivity index (χ0v) is 8.98. The van der Waals surface area contributed by atoms with E-state index < -0.39 is 11.7 Å². The Labute approximate surface area is 100 Å². The first-order valence-corrected chi connectivity index (χ1v) is 4.91. The number of hydrogen-bond acceptors (Lipinski definition) is 2. The Bertz CT molecular complexity index is 549. The number of aromatic nitrogens is 2. The highest BCUT2D eigenvalue weighted by Crippen LogP contribution is 2.32. The van der Waals surface area contributed by atoms with Crippen LogP contribution in [0.25, 0.3) is 5.69 Å². The van der Waals surface area contributed by atoms with Crippen molar-refractivity contribution in [2.24, 2.45) is 0 Å². The van der Waals surface area contributed by atoms with Crippen LogP contribution in [0.3, 0.4) is 0 Å². The quantitative estimate of drug-likeness (QED) is 0.856. The Morgan fingerprint density at radius 3 is 2.61 bits per heavy atom. The number of anilines is 1. The highest BCUT2D eigenvalue weighted by molar-refractivity contribution is 5.73. The number of nitrogens with one attached hydrogen (secondary N) is 1. The fourth-order valence-electron chi connectivity index (χ4n) is 1.49. The van der Waals surface area contributed by atoms with E-state index in [1.165, 1.54) is 29.4 Å². The van der Waals surface area contributed by atoms with Gasteiger partial charge in [-0.15, -0.1) is 0 Å². The summed E-state index contributed by atoms with van der Waals surface area (Å²) in [7, 11) is 0. The SMILES string of the molecule is O=CNc1cc(-n2ccnc2)cc(C(F)(F)F)c1. The van der Waals surface area contributed by atoms with Crippen LogP contribution in [0.2, 0.25) is 0 Å². The van der Waals surface area contributed by atoms with Gasteiger partial charge < -0.3 is 9.88 Å². The van der Waals surface area contributed by atoms with E-state index in [2.05, 4.69) is 10.3 Å². The van der Waals surface area contributed by atoms with Crippen LogP contribution in [-0.4, -0.2) is 16.0 Å². The van der Waals surface area contributed by atoms with Crippen molar-refractivity contribution in [2.45, 2.75) is 6.18 Å². The van der Waals surface area contributed by atoms with Crippen LogP contribution in [0.4, 0.5) is 18.9 Å². The lowest BCUT2D eigenvalue weighted by Crippen LogP contribution is -2.08. The second-order valence-electron chi connectivity index (χ2n) is 3.50. The van der Waals surface area contributed by atoms with E-state index in [1.807, 2.05) is 0 Å². The molecule has 1 aromatic carbocycles. The third-order valence-corrected chi connectivity index (χ3v) is 2.27. The predicted molar refractivity (Wildman–Crippen MR) is 58.3 cm³/mol. The van der Waals surface area contributed by atoms with E-state index >= 15 is 0 Å². The maximum absolute atomic E-state index is 12.7. The van der Waals surface area contributed by atoms with Crippen LogP contribution < -0.4 is 5.32 Å². The number of nitrogens with zero attached hydrogens (tertiary/aromatic N) is 2. The van der Waals surface area contributed by atoms with E-state index in [1.54, 1.807) is 0 Å². The van der Waals surface area contributed by atoms with Crippen LogP contribution in [0.15, 0.2) is 36.9 Å². The Morgan fingerprint density at radius 2 is 2.06 bits per heavy atom. The van der Waals surface area contributed by atoms with Crippen molar-refractivity contribution in [3.8, 4) is 5.69 Å². The largest absolute Gasteiger partial charge is 0.416 e. The van der Waals surface area contributed by atoms with Crippen LogP contribution in [0.1, 0.15) is 5.56 Å². The van der Waals surface area contributed by atoms with Gasteiger partial charge in [-0.1, -0.05) is 0 Å². The number of imidazole rings is 1. The molecule has 0 spiro atoms. The van der Waals surface area contributed by atoms with E-state index in [0.717, 1.165) is 12.1 Å². The molecule has 0 bridgehead atoms. The average Bonchev–Trinajstić information content (AvgIpc) is 2.81. The third-order valence-electron chi connectivity index (χ3n) is 2.27. The van der Waals surface area contributed by atoms with Gasteiger partial charge in [-0.25, -0.2) is 4.98 Å². The minimum atomic E-state index is -4.48. The van der Waals surface area contributed by atoms with Gasteiger partial charge >= 0.3 is 6.18 Å². The molecule has 0 aliphatic rings. The second-order valence-corrected chi connectivity index (χ2v) is 3.50. The van der Waals surface area contributed by atoms with E-state index in [9.17, 15) is 18.0 Å². The fourth-order valence-corrected chi connectivity index (χ4v) is 1.49. The molecule has 1 amide bonds. The van der Waals surface area contributed by atoms with Gasteiger partial charge in [0.05, 0.1) is 11.9 Å². The Balaban J connectivity index is 2.53. The maximum atomic E-state index is 12.7. The number of amides is 1. The lowest BCUT2D eigenvalue weighted by Gasteiger charge is -2.12. The molecule has 0 atom stereocenters. The molecular formula is C11H8F3N3O. The van der Waals surface area contributed by atoms with Crippen molar-refractivity contribution in [1.82, 2.24) is 9.55 Å². The molecule has 1 heterocycles. The summed E-state index contributed by atoms with van der Waals surface area (Å²) >= 11 is 0. The average molecular weight is 255 g/mol. The van der Waals surface area contributed by atoms with Crippen molar-refractivity contribution in [2.75, 3.05) is 5.32 Å². The highest BCUT2D eigenvalue weighted by Gasteiger charge is 2.31. The Hall–Kier alpha value is -2.31. The summed E-state index contributed by atoms with van der Waals surface area (Å²) in [6, 6.07) is 3.28. The minimum absolute atomic E-state index is 0.0727. The molecule has 2 aromatic rings. The summed E-state index contributed by atoms with van der Waals surface area (Å²) in [6.07, 6.45) is 0.191. The summed E-state index contributed by atoms with van der Waals surface area (Å²) in [5, 5.41) is 2.21. The molecule has 0 aliphatic carbocycles. The molecule has 94 valence electrons. The van der Waals surface area contributed by atoms with Crippen molar-refractivity contribution >= 4 is 12.1 Å². The Morgan fingerprint density at radius 1 is 1.28 bits per heavy atom. The maximum Gasteiger partial charge on any atom is 0.416 e. The van der Waals surface area contributed by atoms with Gasteiger partial charge in [0.15, 0.2) is 0 Å². The number of rotatable bonds is 3. The van der Waals surface area contributed by atoms with Gasteiger partial charge in [0, 0.05) is 23.8 Å². The zero-order chi connectivity index (χ0) is 13.2. The highest BCUT2D eigenvalue weighted by atomic mass is 19.4. The van der Waals surface area contributed by atoms with Gasteiger partial charge in [0.2, 0.25) is 6.41 Å². The fraction of sp³-hybridized carbons (Fsp3) is 0.0909. The van der Waals surface area contributed by atoms with E-state index in [4.69, 9.17) is 0 Å². The monoisotopic (exact) mass is 255 g/mol. The topological polar surface area (TPSA) is 46.9 Å². The smallest absolute Gasteiger partial charge is 0.329 e. The van der Waals surface area contributed by atoms with Gasteiger partial charge in [-0.3, -0.25) is 4.79 Å².